The van der Waals surface area contributed by atoms with Crippen molar-refractivity contribution < 1.29 is 18.5 Å². The Bertz CT molecular complexity index is 730. The van der Waals surface area contributed by atoms with Gasteiger partial charge < -0.3 is 9.47 Å². The highest BCUT2D eigenvalue weighted by Crippen LogP contribution is 2.29. The van der Waals surface area contributed by atoms with Crippen molar-refractivity contribution in [1.29, 1.82) is 0 Å². The Balaban J connectivity index is 2.23. The van der Waals surface area contributed by atoms with E-state index in [0.717, 1.165) is 11.8 Å². The number of methoxy groups -OCH3 is 1. The Morgan fingerprint density at radius 2 is 2.05 bits per heavy atom. The molecule has 0 bridgehead atoms. The molecule has 0 atom stereocenters. The van der Waals surface area contributed by atoms with Gasteiger partial charge in [0.25, 0.3) is 0 Å². The lowest BCUT2D eigenvalue weighted by molar-refractivity contribution is -0.400. The van der Waals surface area contributed by atoms with Gasteiger partial charge in [-0.15, -0.1) is 0 Å². The minimum Gasteiger partial charge on any atom is -0.493 e. The van der Waals surface area contributed by atoms with E-state index < -0.39 is 12.0 Å². The summed E-state index contributed by atoms with van der Waals surface area (Å²) in [6.45, 7) is 0.238. The molecule has 0 fully saturated rings. The van der Waals surface area contributed by atoms with Crippen LogP contribution in [0.4, 0.5) is 0 Å². The summed E-state index contributed by atoms with van der Waals surface area (Å²) < 4.78 is 32.3. The standard InChI is InChI=1S/C16H15NO4/c1-20-16-11-13(9-10-17(18)19)7-8-15(16)21-12-14-5-3-2-4-6-14/h2-11H,12H2,1H3/b10-9+/i1D3. The molecule has 0 aliphatic carbocycles. The molecule has 108 valence electrons. The van der Waals surface area contributed by atoms with Gasteiger partial charge >= 0.3 is 0 Å². The molecule has 0 unspecified atom stereocenters. The summed E-state index contributed by atoms with van der Waals surface area (Å²) in [6.07, 6.45) is 2.01. The smallest absolute Gasteiger partial charge is 0.235 e. The SMILES string of the molecule is [2H]C([2H])([2H])Oc1cc(/C=C/[N+](=O)[O-])ccc1OCc1ccccc1. The zero-order valence-corrected chi connectivity index (χ0v) is 11.1. The quantitative estimate of drug-likeness (QED) is 0.602. The molecule has 2 aromatic carbocycles. The molecule has 0 heterocycles. The second-order valence-electron chi connectivity index (χ2n) is 4.18. The van der Waals surface area contributed by atoms with Gasteiger partial charge in [0, 0.05) is 6.08 Å². The van der Waals surface area contributed by atoms with Crippen LogP contribution in [-0.2, 0) is 6.61 Å². The summed E-state index contributed by atoms with van der Waals surface area (Å²) >= 11 is 0. The Labute approximate surface area is 126 Å². The summed E-state index contributed by atoms with van der Waals surface area (Å²) in [4.78, 5) is 9.78. The molecule has 0 saturated heterocycles. The van der Waals surface area contributed by atoms with Crippen LogP contribution in [0, 0.1) is 10.1 Å². The predicted octanol–water partition coefficient (Wildman–Crippen LogP) is 3.52. The lowest BCUT2D eigenvalue weighted by atomic mass is 10.2. The second kappa shape index (κ2) is 7.09. The van der Waals surface area contributed by atoms with Gasteiger partial charge in [-0.3, -0.25) is 10.1 Å². The van der Waals surface area contributed by atoms with Crippen molar-refractivity contribution in [2.24, 2.45) is 0 Å². The minimum absolute atomic E-state index is 0.00331. The Hall–Kier alpha value is -2.82. The molecule has 0 spiro atoms. The third-order valence-electron chi connectivity index (χ3n) is 2.70. The molecule has 5 heteroatoms. The lowest BCUT2D eigenvalue weighted by Crippen LogP contribution is -1.97. The van der Waals surface area contributed by atoms with E-state index in [1.54, 1.807) is 6.07 Å². The summed E-state index contributed by atoms with van der Waals surface area (Å²) in [6, 6.07) is 13.8. The van der Waals surface area contributed by atoms with E-state index in [1.165, 1.54) is 18.2 Å². The molecule has 5 nitrogen and oxygen atoms in total. The molecule has 0 N–H and O–H groups in total. The van der Waals surface area contributed by atoms with Crippen LogP contribution in [-0.4, -0.2) is 12.0 Å². The van der Waals surface area contributed by atoms with Crippen molar-refractivity contribution in [2.75, 3.05) is 7.04 Å². The number of hydrogen-bond acceptors (Lipinski definition) is 4. The van der Waals surface area contributed by atoms with Crippen molar-refractivity contribution in [2.45, 2.75) is 6.61 Å². The Kier molecular flexibility index (Phi) is 3.68. The molecule has 0 saturated carbocycles. The van der Waals surface area contributed by atoms with Crippen LogP contribution in [0.5, 0.6) is 11.5 Å². The monoisotopic (exact) mass is 288 g/mol. The van der Waals surface area contributed by atoms with Crippen LogP contribution in [0.2, 0.25) is 0 Å². The number of hydrogen-bond donors (Lipinski definition) is 0. The molecular formula is C16H15NO4. The zero-order chi connectivity index (χ0) is 17.6. The summed E-state index contributed by atoms with van der Waals surface area (Å²) in [5.74, 6) is 0.240. The Morgan fingerprint density at radius 3 is 2.76 bits per heavy atom. The van der Waals surface area contributed by atoms with E-state index in [2.05, 4.69) is 0 Å². The van der Waals surface area contributed by atoms with Gasteiger partial charge in [-0.1, -0.05) is 36.4 Å². The highest BCUT2D eigenvalue weighted by atomic mass is 16.6. The molecule has 21 heavy (non-hydrogen) atoms. The van der Waals surface area contributed by atoms with Gasteiger partial charge in [-0.05, 0) is 23.3 Å². The van der Waals surface area contributed by atoms with Gasteiger partial charge in [0.15, 0.2) is 11.5 Å². The fourth-order valence-electron chi connectivity index (χ4n) is 1.71. The first-order valence-corrected chi connectivity index (χ1v) is 6.15. The van der Waals surface area contributed by atoms with E-state index >= 15 is 0 Å². The molecule has 0 radical (unpaired) electrons. The third kappa shape index (κ3) is 4.35. The highest BCUT2D eigenvalue weighted by molar-refractivity contribution is 5.55. The summed E-state index contributed by atoms with van der Waals surface area (Å²) in [5.41, 5.74) is 1.34. The molecule has 0 amide bonds. The number of nitro groups is 1. The first-order valence-electron chi connectivity index (χ1n) is 7.65. The zero-order valence-electron chi connectivity index (χ0n) is 14.1. The van der Waals surface area contributed by atoms with Crippen molar-refractivity contribution in [3.8, 4) is 11.5 Å². The van der Waals surface area contributed by atoms with Crippen molar-refractivity contribution >= 4 is 6.08 Å². The van der Waals surface area contributed by atoms with Crippen LogP contribution < -0.4 is 9.47 Å². The largest absolute Gasteiger partial charge is 0.493 e. The van der Waals surface area contributed by atoms with Gasteiger partial charge in [-0.25, -0.2) is 0 Å². The Morgan fingerprint density at radius 1 is 1.24 bits per heavy atom. The van der Waals surface area contributed by atoms with E-state index in [1.807, 2.05) is 30.3 Å². The van der Waals surface area contributed by atoms with Gasteiger partial charge in [0.1, 0.15) is 6.61 Å². The van der Waals surface area contributed by atoms with Crippen LogP contribution in [0.15, 0.2) is 54.7 Å². The molecular weight excluding hydrogens is 270 g/mol. The fourth-order valence-corrected chi connectivity index (χ4v) is 1.71. The maximum Gasteiger partial charge on any atom is 0.235 e. The normalized spacial score (nSPS) is 13.2. The minimum atomic E-state index is -2.66. The van der Waals surface area contributed by atoms with E-state index in [4.69, 9.17) is 13.6 Å². The fraction of sp³-hybridized carbons (Fsp3) is 0.125. The molecule has 0 aromatic heterocycles. The molecule has 0 aliphatic heterocycles. The number of nitrogens with zero attached hydrogens (tertiary/aromatic N) is 1. The molecule has 2 aromatic rings. The van der Waals surface area contributed by atoms with Crippen LogP contribution in [0.1, 0.15) is 15.2 Å². The summed E-state index contributed by atoms with van der Waals surface area (Å²) in [5, 5.41) is 10.4. The highest BCUT2D eigenvalue weighted by Gasteiger charge is 2.05. The van der Waals surface area contributed by atoms with Crippen LogP contribution in [0.25, 0.3) is 6.08 Å². The average molecular weight is 288 g/mol. The summed E-state index contributed by atoms with van der Waals surface area (Å²) in [7, 11) is -2.66. The van der Waals surface area contributed by atoms with E-state index in [-0.39, 0.29) is 18.1 Å². The van der Waals surface area contributed by atoms with Gasteiger partial charge in [0.2, 0.25) is 6.20 Å². The average Bonchev–Trinajstić information content (AvgIpc) is 2.51. The number of benzene rings is 2. The van der Waals surface area contributed by atoms with Crippen molar-refractivity contribution in [3.05, 3.63) is 76.0 Å². The third-order valence-corrected chi connectivity index (χ3v) is 2.70. The second-order valence-corrected chi connectivity index (χ2v) is 4.18. The maximum atomic E-state index is 10.4. The van der Waals surface area contributed by atoms with Crippen LogP contribution in [0.3, 0.4) is 0 Å². The molecule has 0 aliphatic rings. The van der Waals surface area contributed by atoms with E-state index in [0.29, 0.717) is 5.56 Å². The van der Waals surface area contributed by atoms with Gasteiger partial charge in [-0.2, -0.15) is 0 Å². The molecule has 2 rings (SSSR count). The first-order chi connectivity index (χ1) is 11.3. The van der Waals surface area contributed by atoms with Crippen LogP contribution >= 0.6 is 0 Å². The topological polar surface area (TPSA) is 61.6 Å². The van der Waals surface area contributed by atoms with Gasteiger partial charge in [0.05, 0.1) is 16.1 Å². The lowest BCUT2D eigenvalue weighted by Gasteiger charge is -2.11. The van der Waals surface area contributed by atoms with Crippen molar-refractivity contribution in [3.63, 3.8) is 0 Å². The number of ether oxygens (including phenoxy) is 2. The number of rotatable bonds is 6. The van der Waals surface area contributed by atoms with Crippen molar-refractivity contribution in [1.82, 2.24) is 0 Å². The van der Waals surface area contributed by atoms with E-state index in [9.17, 15) is 10.1 Å². The first kappa shape index (κ1) is 10.9. The maximum absolute atomic E-state index is 10.4. The predicted molar refractivity (Wildman–Crippen MR) is 79.8 cm³/mol.